The zero-order valence-corrected chi connectivity index (χ0v) is 12.3. The van der Waals surface area contributed by atoms with E-state index >= 15 is 0 Å². The lowest BCUT2D eigenvalue weighted by atomic mass is 9.92. The zero-order chi connectivity index (χ0) is 15.2. The molecule has 2 aliphatic rings. The third kappa shape index (κ3) is 1.86. The number of amides is 2. The van der Waals surface area contributed by atoms with Gasteiger partial charge in [-0.05, 0) is 24.6 Å². The van der Waals surface area contributed by atoms with Gasteiger partial charge in [-0.15, -0.1) is 0 Å². The number of urea groups is 1. The van der Waals surface area contributed by atoms with E-state index in [1.165, 1.54) is 0 Å². The van der Waals surface area contributed by atoms with Crippen molar-refractivity contribution in [1.29, 1.82) is 0 Å². The molecule has 2 N–H and O–H groups in total. The molecule has 1 atom stereocenters. The highest BCUT2D eigenvalue weighted by molar-refractivity contribution is 5.94. The number of carbonyl (C=O) groups is 1. The molecule has 0 aromatic heterocycles. The second kappa shape index (κ2) is 4.74. The molecule has 22 heavy (non-hydrogen) atoms. The Morgan fingerprint density at radius 2 is 1.95 bits per heavy atom. The first-order chi connectivity index (χ1) is 10.7. The summed E-state index contributed by atoms with van der Waals surface area (Å²) >= 11 is 0. The number of carbonyl (C=O) groups excluding carboxylic acids is 1. The van der Waals surface area contributed by atoms with Gasteiger partial charge in [-0.2, -0.15) is 5.43 Å². The highest BCUT2D eigenvalue weighted by Crippen LogP contribution is 2.40. The summed E-state index contributed by atoms with van der Waals surface area (Å²) in [6.07, 6.45) is 0.679. The Morgan fingerprint density at radius 3 is 2.77 bits per heavy atom. The SMILES string of the molecule is Cc1cccc2c1OCCC21NC(=O)N(c2ccccc2)N1. The number of benzene rings is 2. The topological polar surface area (TPSA) is 53.6 Å². The van der Waals surface area contributed by atoms with Crippen molar-refractivity contribution in [2.45, 2.75) is 19.0 Å². The number of fused-ring (bicyclic) bond motifs is 2. The molecule has 2 amide bonds. The molecule has 1 fully saturated rings. The third-order valence-electron chi connectivity index (χ3n) is 4.24. The molecule has 0 aliphatic carbocycles. The molecular weight excluding hydrogens is 278 g/mol. The minimum absolute atomic E-state index is 0.152. The number of nitrogens with one attached hydrogen (secondary N) is 2. The molecule has 1 saturated heterocycles. The van der Waals surface area contributed by atoms with Crippen molar-refractivity contribution in [2.75, 3.05) is 11.6 Å². The van der Waals surface area contributed by atoms with Crippen molar-refractivity contribution in [3.63, 3.8) is 0 Å². The zero-order valence-electron chi connectivity index (χ0n) is 12.3. The van der Waals surface area contributed by atoms with E-state index in [9.17, 15) is 4.79 Å². The summed E-state index contributed by atoms with van der Waals surface area (Å²) in [6, 6.07) is 15.4. The molecule has 2 aliphatic heterocycles. The molecule has 0 saturated carbocycles. The monoisotopic (exact) mass is 295 g/mol. The van der Waals surface area contributed by atoms with Gasteiger partial charge in [0.1, 0.15) is 11.4 Å². The van der Waals surface area contributed by atoms with Crippen LogP contribution in [0.5, 0.6) is 5.75 Å². The Balaban J connectivity index is 1.76. The number of ether oxygens (including phenoxy) is 1. The Bertz CT molecular complexity index is 732. The number of hydrogen-bond acceptors (Lipinski definition) is 3. The van der Waals surface area contributed by atoms with Gasteiger partial charge >= 0.3 is 6.03 Å². The summed E-state index contributed by atoms with van der Waals surface area (Å²) in [5, 5.41) is 4.66. The lowest BCUT2D eigenvalue weighted by Crippen LogP contribution is -2.51. The molecule has 112 valence electrons. The number of anilines is 1. The van der Waals surface area contributed by atoms with E-state index in [2.05, 4.69) is 10.7 Å². The van der Waals surface area contributed by atoms with Gasteiger partial charge in [0.15, 0.2) is 0 Å². The summed E-state index contributed by atoms with van der Waals surface area (Å²) in [5.74, 6) is 0.858. The predicted octanol–water partition coefficient (Wildman–Crippen LogP) is 2.66. The Hall–Kier alpha value is -2.53. The van der Waals surface area contributed by atoms with Crippen molar-refractivity contribution in [3.05, 3.63) is 59.7 Å². The Kier molecular flexibility index (Phi) is 2.84. The smallest absolute Gasteiger partial charge is 0.338 e. The van der Waals surface area contributed by atoms with Gasteiger partial charge in [0.25, 0.3) is 0 Å². The second-order valence-electron chi connectivity index (χ2n) is 5.67. The Morgan fingerprint density at radius 1 is 1.14 bits per heavy atom. The van der Waals surface area contributed by atoms with Crippen LogP contribution in [0.25, 0.3) is 0 Å². The summed E-state index contributed by atoms with van der Waals surface area (Å²) < 4.78 is 5.81. The second-order valence-corrected chi connectivity index (χ2v) is 5.67. The number of hydrazine groups is 1. The van der Waals surface area contributed by atoms with Crippen LogP contribution in [0, 0.1) is 6.92 Å². The van der Waals surface area contributed by atoms with E-state index in [1.807, 2.05) is 55.5 Å². The average molecular weight is 295 g/mol. The van der Waals surface area contributed by atoms with E-state index in [4.69, 9.17) is 4.74 Å². The quantitative estimate of drug-likeness (QED) is 0.850. The van der Waals surface area contributed by atoms with Crippen LogP contribution in [-0.2, 0) is 5.66 Å². The van der Waals surface area contributed by atoms with E-state index < -0.39 is 5.66 Å². The standard InChI is InChI=1S/C17H17N3O2/c1-12-6-5-9-14-15(12)22-11-10-17(14)18-16(21)20(19-17)13-7-3-2-4-8-13/h2-9,19H,10-11H2,1H3,(H,18,21). The van der Waals surface area contributed by atoms with Crippen LogP contribution in [0.2, 0.25) is 0 Å². The van der Waals surface area contributed by atoms with Crippen LogP contribution in [0.4, 0.5) is 10.5 Å². The first kappa shape index (κ1) is 13.2. The Labute approximate surface area is 128 Å². The number of nitrogens with zero attached hydrogens (tertiary/aromatic N) is 1. The van der Waals surface area contributed by atoms with Crippen LogP contribution in [0.15, 0.2) is 48.5 Å². The molecule has 4 rings (SSSR count). The summed E-state index contributed by atoms with van der Waals surface area (Å²) in [7, 11) is 0. The van der Waals surface area contributed by atoms with E-state index in [1.54, 1.807) is 5.01 Å². The maximum absolute atomic E-state index is 12.5. The highest BCUT2D eigenvalue weighted by Gasteiger charge is 2.47. The number of aryl methyl sites for hydroxylation is 1. The van der Waals surface area contributed by atoms with Crippen LogP contribution >= 0.6 is 0 Å². The van der Waals surface area contributed by atoms with Crippen LogP contribution in [-0.4, -0.2) is 12.6 Å². The van der Waals surface area contributed by atoms with E-state index in [0.29, 0.717) is 13.0 Å². The highest BCUT2D eigenvalue weighted by atomic mass is 16.5. The maximum Gasteiger partial charge on any atom is 0.338 e. The number of para-hydroxylation sites is 2. The minimum Gasteiger partial charge on any atom is -0.493 e. The van der Waals surface area contributed by atoms with Gasteiger partial charge in [-0.3, -0.25) is 0 Å². The summed E-state index contributed by atoms with van der Waals surface area (Å²) in [6.45, 7) is 2.58. The molecule has 0 bridgehead atoms. The van der Waals surface area contributed by atoms with Crippen LogP contribution < -0.4 is 20.5 Å². The number of hydrogen-bond donors (Lipinski definition) is 2. The van der Waals surface area contributed by atoms with Gasteiger partial charge in [0.2, 0.25) is 0 Å². The van der Waals surface area contributed by atoms with Gasteiger partial charge < -0.3 is 10.1 Å². The minimum atomic E-state index is -0.605. The fourth-order valence-corrected chi connectivity index (χ4v) is 3.13. The molecular formula is C17H17N3O2. The fraction of sp³-hybridized carbons (Fsp3) is 0.235. The van der Waals surface area contributed by atoms with Crippen LogP contribution in [0.3, 0.4) is 0 Å². The number of rotatable bonds is 1. The molecule has 5 nitrogen and oxygen atoms in total. The van der Waals surface area contributed by atoms with Crippen LogP contribution in [0.1, 0.15) is 17.5 Å². The molecule has 1 unspecified atom stereocenters. The largest absolute Gasteiger partial charge is 0.493 e. The van der Waals surface area contributed by atoms with Crippen molar-refractivity contribution in [2.24, 2.45) is 0 Å². The lowest BCUT2D eigenvalue weighted by Gasteiger charge is -2.35. The summed E-state index contributed by atoms with van der Waals surface area (Å²) in [4.78, 5) is 12.5. The first-order valence-corrected chi connectivity index (χ1v) is 7.38. The van der Waals surface area contributed by atoms with Gasteiger partial charge in [0, 0.05) is 12.0 Å². The fourth-order valence-electron chi connectivity index (χ4n) is 3.13. The van der Waals surface area contributed by atoms with E-state index in [0.717, 1.165) is 22.6 Å². The molecule has 0 radical (unpaired) electrons. The molecule has 1 spiro atoms. The maximum atomic E-state index is 12.5. The van der Waals surface area contributed by atoms with Crippen molar-refractivity contribution < 1.29 is 9.53 Å². The molecule has 2 aromatic rings. The third-order valence-corrected chi connectivity index (χ3v) is 4.24. The van der Waals surface area contributed by atoms with Crippen molar-refractivity contribution >= 4 is 11.7 Å². The molecule has 2 aromatic carbocycles. The average Bonchev–Trinajstić information content (AvgIpc) is 2.87. The molecule has 2 heterocycles. The van der Waals surface area contributed by atoms with Gasteiger partial charge in [0.05, 0.1) is 12.3 Å². The van der Waals surface area contributed by atoms with Crippen molar-refractivity contribution in [1.82, 2.24) is 10.7 Å². The molecule has 5 heteroatoms. The van der Waals surface area contributed by atoms with E-state index in [-0.39, 0.29) is 6.03 Å². The van der Waals surface area contributed by atoms with Crippen molar-refractivity contribution in [3.8, 4) is 5.75 Å². The lowest BCUT2D eigenvalue weighted by molar-refractivity contribution is 0.181. The first-order valence-electron chi connectivity index (χ1n) is 7.38. The predicted molar refractivity (Wildman–Crippen MR) is 83.6 cm³/mol. The normalized spacial score (nSPS) is 23.1. The summed E-state index contributed by atoms with van der Waals surface area (Å²) in [5.41, 5.74) is 5.61. The van der Waals surface area contributed by atoms with Gasteiger partial charge in [-0.25, -0.2) is 9.80 Å². The van der Waals surface area contributed by atoms with Gasteiger partial charge in [-0.1, -0.05) is 36.4 Å².